The van der Waals surface area contributed by atoms with Crippen LogP contribution >= 0.6 is 0 Å². The number of rotatable bonds is 13. The van der Waals surface area contributed by atoms with Crippen LogP contribution in [0.2, 0.25) is 0 Å². The molecule has 40 heavy (non-hydrogen) atoms. The smallest absolute Gasteiger partial charge is 0.323 e. The van der Waals surface area contributed by atoms with E-state index in [1.165, 1.54) is 6.07 Å². The van der Waals surface area contributed by atoms with Gasteiger partial charge in [-0.3, -0.25) is 19.2 Å². The highest BCUT2D eigenvalue weighted by Crippen LogP contribution is 2.32. The van der Waals surface area contributed by atoms with Crippen LogP contribution in [0, 0.1) is 29.1 Å². The average Bonchev–Trinajstić information content (AvgIpc) is 2.82. The van der Waals surface area contributed by atoms with Crippen molar-refractivity contribution in [1.29, 1.82) is 0 Å². The number of ether oxygens (including phenoxy) is 4. The first kappa shape index (κ1) is 35.1. The fourth-order valence-corrected chi connectivity index (χ4v) is 3.27. The summed E-state index contributed by atoms with van der Waals surface area (Å²) in [6, 6.07) is 3.69. The molecule has 0 saturated carbocycles. The Morgan fingerprint density at radius 3 is 1.68 bits per heavy atom. The summed E-state index contributed by atoms with van der Waals surface area (Å²) in [5.41, 5.74) is 6.50. The van der Waals surface area contributed by atoms with Crippen molar-refractivity contribution in [3.63, 3.8) is 0 Å². The van der Waals surface area contributed by atoms with E-state index in [2.05, 4.69) is 0 Å². The number of hydrogen-bond acceptors (Lipinski definition) is 9. The molecule has 0 aliphatic heterocycles. The Kier molecular flexibility index (Phi) is 13.3. The van der Waals surface area contributed by atoms with Gasteiger partial charge in [-0.05, 0) is 55.2 Å². The third-order valence-corrected chi connectivity index (χ3v) is 6.89. The van der Waals surface area contributed by atoms with Crippen molar-refractivity contribution >= 4 is 23.9 Å². The Morgan fingerprint density at radius 1 is 0.725 bits per heavy atom. The second kappa shape index (κ2) is 15.2. The second-order valence-corrected chi connectivity index (χ2v) is 12.6. The molecule has 0 bridgehead atoms. The van der Waals surface area contributed by atoms with Gasteiger partial charge in [-0.1, -0.05) is 68.4 Å². The topological polar surface area (TPSA) is 131 Å². The lowest BCUT2D eigenvalue weighted by molar-refractivity contribution is -0.167. The molecule has 0 saturated heterocycles. The zero-order chi connectivity index (χ0) is 30.9. The van der Waals surface area contributed by atoms with Crippen molar-refractivity contribution in [2.45, 2.75) is 107 Å². The van der Waals surface area contributed by atoms with Crippen molar-refractivity contribution in [3.05, 3.63) is 23.8 Å². The van der Waals surface area contributed by atoms with Gasteiger partial charge in [-0.25, -0.2) is 0 Å². The minimum Gasteiger partial charge on any atom is -0.459 e. The number of nitrogens with two attached hydrogens (primary N) is 1. The third-order valence-electron chi connectivity index (χ3n) is 6.89. The first-order valence-electron chi connectivity index (χ1n) is 14.0. The SMILES string of the molecule is CC(C)C(C)C(=O)Oc1ccc(C[C@H](N)C(=O)O[C@@H](C)C(C)OC(=O)CC(C)(C)C)cc1OC(=O)C(C)C(C)C. The Labute approximate surface area is 239 Å². The maximum absolute atomic E-state index is 12.7. The van der Waals surface area contributed by atoms with Gasteiger partial charge in [0.15, 0.2) is 11.5 Å². The second-order valence-electron chi connectivity index (χ2n) is 12.6. The predicted molar refractivity (Wildman–Crippen MR) is 153 cm³/mol. The highest BCUT2D eigenvalue weighted by molar-refractivity contribution is 5.79. The van der Waals surface area contributed by atoms with E-state index in [1.54, 1.807) is 39.8 Å². The molecule has 0 fully saturated rings. The highest BCUT2D eigenvalue weighted by Gasteiger charge is 2.27. The predicted octanol–water partition coefficient (Wildman–Crippen LogP) is 5.25. The van der Waals surface area contributed by atoms with Crippen molar-refractivity contribution in [3.8, 4) is 11.5 Å². The standard InChI is InChI=1S/C31H49NO8/c1-17(2)19(5)28(34)39-25-13-12-23(15-26(25)40-29(35)20(6)18(3)4)14-24(32)30(36)38-22(8)21(7)37-27(33)16-31(9,10)11/h12-13,15,17-22,24H,14,16,32H2,1-11H3/t19?,20?,21?,22-,24-/m0/s1. The Morgan fingerprint density at radius 2 is 1.20 bits per heavy atom. The van der Waals surface area contributed by atoms with Gasteiger partial charge < -0.3 is 24.7 Å². The van der Waals surface area contributed by atoms with Crippen molar-refractivity contribution in [2.75, 3.05) is 0 Å². The summed E-state index contributed by atoms with van der Waals surface area (Å²) in [7, 11) is 0. The Hall–Kier alpha value is -2.94. The Bertz CT molecular complexity index is 1030. The number of benzene rings is 1. The normalized spacial score (nSPS) is 15.6. The molecule has 1 rings (SSSR count). The molecule has 0 aromatic heterocycles. The van der Waals surface area contributed by atoms with Crippen LogP contribution in [0.15, 0.2) is 18.2 Å². The quantitative estimate of drug-likeness (QED) is 0.252. The van der Waals surface area contributed by atoms with E-state index in [0.29, 0.717) is 5.56 Å². The molecule has 226 valence electrons. The molecule has 0 aliphatic carbocycles. The van der Waals surface area contributed by atoms with Gasteiger partial charge in [-0.15, -0.1) is 0 Å². The summed E-state index contributed by atoms with van der Waals surface area (Å²) in [5, 5.41) is 0. The Balaban J connectivity index is 3.01. The first-order chi connectivity index (χ1) is 18.3. The van der Waals surface area contributed by atoms with Crippen LogP contribution in [0.1, 0.15) is 88.1 Å². The van der Waals surface area contributed by atoms with Gasteiger partial charge in [0.05, 0.1) is 18.3 Å². The number of hydrogen-bond donors (Lipinski definition) is 1. The van der Waals surface area contributed by atoms with E-state index >= 15 is 0 Å². The van der Waals surface area contributed by atoms with Crippen molar-refractivity contribution in [2.24, 2.45) is 34.8 Å². The molecule has 3 unspecified atom stereocenters. The fraction of sp³-hybridized carbons (Fsp3) is 0.677. The van der Waals surface area contributed by atoms with Crippen molar-refractivity contribution < 1.29 is 38.1 Å². The van der Waals surface area contributed by atoms with Crippen LogP contribution in [0.25, 0.3) is 0 Å². The monoisotopic (exact) mass is 563 g/mol. The van der Waals surface area contributed by atoms with Gasteiger partial charge in [-0.2, -0.15) is 0 Å². The molecule has 1 aromatic carbocycles. The maximum atomic E-state index is 12.7. The largest absolute Gasteiger partial charge is 0.459 e. The number of carbonyl (C=O) groups excluding carboxylic acids is 4. The van der Waals surface area contributed by atoms with E-state index < -0.39 is 36.2 Å². The molecule has 0 heterocycles. The van der Waals surface area contributed by atoms with Gasteiger partial charge in [0.1, 0.15) is 18.2 Å². The number of esters is 4. The molecule has 1 aromatic rings. The summed E-state index contributed by atoms with van der Waals surface area (Å²) in [4.78, 5) is 50.2. The van der Waals surface area contributed by atoms with E-state index in [9.17, 15) is 19.2 Å². The fourth-order valence-electron chi connectivity index (χ4n) is 3.27. The zero-order valence-corrected chi connectivity index (χ0v) is 26.0. The molecule has 5 atom stereocenters. The lowest BCUT2D eigenvalue weighted by Crippen LogP contribution is -2.39. The van der Waals surface area contributed by atoms with Crippen LogP contribution in [0.4, 0.5) is 0 Å². The summed E-state index contributed by atoms with van der Waals surface area (Å²) in [5.74, 6) is -2.40. The van der Waals surface area contributed by atoms with Crippen molar-refractivity contribution in [1.82, 2.24) is 0 Å². The van der Waals surface area contributed by atoms with Crippen LogP contribution in [0.3, 0.4) is 0 Å². The highest BCUT2D eigenvalue weighted by atomic mass is 16.6. The molecule has 9 heteroatoms. The van der Waals surface area contributed by atoms with Gasteiger partial charge in [0, 0.05) is 0 Å². The lowest BCUT2D eigenvalue weighted by atomic mass is 9.92. The summed E-state index contributed by atoms with van der Waals surface area (Å²) in [6.45, 7) is 20.3. The van der Waals surface area contributed by atoms with Crippen LogP contribution in [-0.2, 0) is 35.1 Å². The van der Waals surface area contributed by atoms with Gasteiger partial charge >= 0.3 is 23.9 Å². The minimum atomic E-state index is -1.03. The summed E-state index contributed by atoms with van der Waals surface area (Å²) >= 11 is 0. The first-order valence-corrected chi connectivity index (χ1v) is 14.0. The van der Waals surface area contributed by atoms with Gasteiger partial charge in [0.2, 0.25) is 0 Å². The molecule has 0 radical (unpaired) electrons. The molecular weight excluding hydrogens is 514 g/mol. The average molecular weight is 564 g/mol. The summed E-state index contributed by atoms with van der Waals surface area (Å²) < 4.78 is 22.1. The molecule has 9 nitrogen and oxygen atoms in total. The zero-order valence-electron chi connectivity index (χ0n) is 26.0. The summed E-state index contributed by atoms with van der Waals surface area (Å²) in [6.07, 6.45) is -1.05. The van der Waals surface area contributed by atoms with Crippen LogP contribution < -0.4 is 15.2 Å². The van der Waals surface area contributed by atoms with E-state index in [4.69, 9.17) is 24.7 Å². The lowest BCUT2D eigenvalue weighted by Gasteiger charge is -2.24. The van der Waals surface area contributed by atoms with Crippen LogP contribution in [-0.4, -0.2) is 42.1 Å². The van der Waals surface area contributed by atoms with E-state index in [-0.39, 0.29) is 59.4 Å². The molecule has 2 N–H and O–H groups in total. The third kappa shape index (κ3) is 11.7. The molecule has 0 spiro atoms. The maximum Gasteiger partial charge on any atom is 0.323 e. The van der Waals surface area contributed by atoms with Crippen LogP contribution in [0.5, 0.6) is 11.5 Å². The molecular formula is C31H49NO8. The minimum absolute atomic E-state index is 0.0444. The molecule has 0 aliphatic rings. The number of carbonyl (C=O) groups is 4. The van der Waals surface area contributed by atoms with E-state index in [0.717, 1.165) is 0 Å². The molecule has 0 amide bonds. The van der Waals surface area contributed by atoms with Gasteiger partial charge in [0.25, 0.3) is 0 Å². The van der Waals surface area contributed by atoms with E-state index in [1.807, 2.05) is 48.5 Å².